The predicted molar refractivity (Wildman–Crippen MR) is 193 cm³/mol. The number of aromatic nitrogens is 2. The van der Waals surface area contributed by atoms with Crippen LogP contribution in [0.25, 0.3) is 11.3 Å². The number of amides is 2. The van der Waals surface area contributed by atoms with Crippen molar-refractivity contribution < 1.29 is 14.3 Å². The summed E-state index contributed by atoms with van der Waals surface area (Å²) < 4.78 is 9.04. The lowest BCUT2D eigenvalue weighted by Crippen LogP contribution is -2.59. The Balaban J connectivity index is 1.29. The fraction of sp³-hybridized carbons (Fsp3) is 0.538. The molecule has 1 unspecified atom stereocenters. The third-order valence-corrected chi connectivity index (χ3v) is 10.9. The van der Waals surface area contributed by atoms with Gasteiger partial charge in [-0.25, -0.2) is 14.8 Å². The standard InChI is InChI=1S/C39H51N5O3S/c1-25(2)20-30-15-14-29-22-33(34-26(3)10-8-11-27(34)4)41-36(40-29)42-48-32-13-9-12-28(21-32)35(45)44(30)31-23-39(24-31)16-18-43(19-17-39)37(46)47-38(5,6)7/h8-13,21-22,25,30-31H,14-20,23-24H2,1-7H3,(H,40,41,42). The lowest BCUT2D eigenvalue weighted by Gasteiger charge is -2.56. The minimum absolute atomic E-state index is 0.0776. The van der Waals surface area contributed by atoms with E-state index >= 15 is 0 Å². The number of benzene rings is 2. The SMILES string of the molecule is Cc1cccc(C)c1-c1cc2nc(n1)NSc1cccc(c1)C(=O)N(C1CC3(CCN(C(=O)OC(C)(C)C)CC3)C1)C(CC(C)C)CC2. The Hall–Kier alpha value is -3.59. The normalized spacial score (nSPS) is 20.0. The molecule has 2 aliphatic heterocycles. The van der Waals surface area contributed by atoms with Crippen LogP contribution in [0.15, 0.2) is 53.4 Å². The van der Waals surface area contributed by atoms with Crippen LogP contribution in [0.3, 0.4) is 0 Å². The molecular weight excluding hydrogens is 619 g/mol. The van der Waals surface area contributed by atoms with E-state index in [1.54, 1.807) is 0 Å². The Morgan fingerprint density at radius 1 is 1.04 bits per heavy atom. The fourth-order valence-corrected chi connectivity index (χ4v) is 8.49. The largest absolute Gasteiger partial charge is 0.444 e. The van der Waals surface area contributed by atoms with Crippen molar-refractivity contribution >= 4 is 29.9 Å². The number of rotatable bonds is 4. The summed E-state index contributed by atoms with van der Waals surface area (Å²) in [7, 11) is 0. The molecule has 0 radical (unpaired) electrons. The van der Waals surface area contributed by atoms with Gasteiger partial charge in [0.2, 0.25) is 5.95 Å². The summed E-state index contributed by atoms with van der Waals surface area (Å²) in [4.78, 5) is 42.3. The Morgan fingerprint density at radius 2 is 1.73 bits per heavy atom. The molecule has 48 heavy (non-hydrogen) atoms. The number of fused-ring (bicyclic) bond motifs is 4. The van der Waals surface area contributed by atoms with E-state index in [2.05, 4.69) is 61.6 Å². The quantitative estimate of drug-likeness (QED) is 0.278. The lowest BCUT2D eigenvalue weighted by molar-refractivity contribution is -0.0520. The van der Waals surface area contributed by atoms with Gasteiger partial charge in [0, 0.05) is 46.9 Å². The molecule has 1 aliphatic carbocycles. The molecule has 2 fully saturated rings. The smallest absolute Gasteiger partial charge is 0.410 e. The minimum Gasteiger partial charge on any atom is -0.444 e. The third-order valence-electron chi connectivity index (χ3n) is 10.2. The summed E-state index contributed by atoms with van der Waals surface area (Å²) in [6.07, 6.45) is 6.12. The molecule has 3 aliphatic rings. The van der Waals surface area contributed by atoms with E-state index in [4.69, 9.17) is 14.7 Å². The molecule has 1 spiro atoms. The van der Waals surface area contributed by atoms with Gasteiger partial charge in [-0.3, -0.25) is 9.52 Å². The van der Waals surface area contributed by atoms with Gasteiger partial charge in [-0.1, -0.05) is 38.1 Å². The van der Waals surface area contributed by atoms with E-state index in [0.29, 0.717) is 25.0 Å². The molecule has 6 rings (SSSR count). The molecule has 1 N–H and O–H groups in total. The molecule has 2 aromatic carbocycles. The van der Waals surface area contributed by atoms with E-state index in [1.165, 1.54) is 23.1 Å². The third kappa shape index (κ3) is 7.66. The lowest BCUT2D eigenvalue weighted by atomic mass is 9.59. The number of nitrogens with zero attached hydrogens (tertiary/aromatic N) is 4. The monoisotopic (exact) mass is 669 g/mol. The van der Waals surface area contributed by atoms with E-state index in [1.807, 2.05) is 49.9 Å². The minimum atomic E-state index is -0.500. The van der Waals surface area contributed by atoms with E-state index in [9.17, 15) is 9.59 Å². The number of nitrogens with one attached hydrogen (secondary N) is 1. The summed E-state index contributed by atoms with van der Waals surface area (Å²) in [5.41, 5.74) is 5.82. The molecule has 3 aromatic rings. The Bertz CT molecular complexity index is 1630. The van der Waals surface area contributed by atoms with Crippen LogP contribution in [0.5, 0.6) is 0 Å². The second-order valence-electron chi connectivity index (χ2n) is 15.6. The molecule has 2 amide bonds. The van der Waals surface area contributed by atoms with Crippen molar-refractivity contribution in [1.29, 1.82) is 0 Å². The molecule has 9 heteroatoms. The topological polar surface area (TPSA) is 87.7 Å². The summed E-state index contributed by atoms with van der Waals surface area (Å²) >= 11 is 1.44. The molecule has 8 nitrogen and oxygen atoms in total. The van der Waals surface area contributed by atoms with Crippen LogP contribution in [0, 0.1) is 25.2 Å². The number of ether oxygens (including phenoxy) is 1. The zero-order valence-electron chi connectivity index (χ0n) is 29.6. The number of likely N-dealkylation sites (tertiary alicyclic amines) is 1. The zero-order chi connectivity index (χ0) is 34.2. The van der Waals surface area contributed by atoms with Gasteiger partial charge in [-0.15, -0.1) is 0 Å². The number of carbonyl (C=O) groups is 2. The fourth-order valence-electron chi connectivity index (χ4n) is 7.86. The number of aryl methyl sites for hydroxylation is 3. The summed E-state index contributed by atoms with van der Waals surface area (Å²) in [5, 5.41) is 0. The molecule has 3 heterocycles. The first-order valence-corrected chi connectivity index (χ1v) is 18.4. The Labute approximate surface area is 290 Å². The number of hydrogen-bond donors (Lipinski definition) is 1. The van der Waals surface area contributed by atoms with Crippen molar-refractivity contribution in [3.63, 3.8) is 0 Å². The number of anilines is 1. The van der Waals surface area contributed by atoms with Crippen LogP contribution < -0.4 is 4.72 Å². The van der Waals surface area contributed by atoms with Gasteiger partial charge in [0.25, 0.3) is 5.91 Å². The molecule has 256 valence electrons. The van der Waals surface area contributed by atoms with Crippen LogP contribution in [0.4, 0.5) is 10.7 Å². The van der Waals surface area contributed by atoms with Gasteiger partial charge in [0.05, 0.1) is 5.69 Å². The summed E-state index contributed by atoms with van der Waals surface area (Å²) in [6.45, 7) is 15.9. The number of hydrogen-bond acceptors (Lipinski definition) is 7. The molecule has 4 bridgehead atoms. The molecular formula is C39H51N5O3S. The van der Waals surface area contributed by atoms with Crippen molar-refractivity contribution in [2.24, 2.45) is 11.3 Å². The number of carbonyl (C=O) groups excluding carboxylic acids is 2. The Kier molecular flexibility index (Phi) is 9.81. The average molecular weight is 670 g/mol. The van der Waals surface area contributed by atoms with Crippen LogP contribution >= 0.6 is 11.9 Å². The van der Waals surface area contributed by atoms with Crippen molar-refractivity contribution in [1.82, 2.24) is 19.8 Å². The number of piperidine rings is 1. The van der Waals surface area contributed by atoms with Gasteiger partial charge in [0.15, 0.2) is 0 Å². The average Bonchev–Trinajstić information content (AvgIpc) is 3.01. The van der Waals surface area contributed by atoms with E-state index < -0.39 is 5.60 Å². The van der Waals surface area contributed by atoms with Crippen LogP contribution in [-0.4, -0.2) is 62.5 Å². The van der Waals surface area contributed by atoms with Gasteiger partial charge in [-0.05, 0) is 138 Å². The summed E-state index contributed by atoms with van der Waals surface area (Å²) in [6, 6.07) is 16.7. The summed E-state index contributed by atoms with van der Waals surface area (Å²) in [5.74, 6) is 1.13. The maximum absolute atomic E-state index is 14.6. The van der Waals surface area contributed by atoms with E-state index in [-0.39, 0.29) is 29.5 Å². The van der Waals surface area contributed by atoms with E-state index in [0.717, 1.165) is 72.4 Å². The van der Waals surface area contributed by atoms with Crippen molar-refractivity contribution in [3.05, 3.63) is 70.9 Å². The second-order valence-corrected chi connectivity index (χ2v) is 16.5. The second kappa shape index (κ2) is 13.7. The molecule has 1 atom stereocenters. The van der Waals surface area contributed by atoms with Gasteiger partial charge < -0.3 is 14.5 Å². The van der Waals surface area contributed by atoms with Gasteiger partial charge >= 0.3 is 6.09 Å². The van der Waals surface area contributed by atoms with Crippen LogP contribution in [0.1, 0.15) is 100 Å². The van der Waals surface area contributed by atoms with Crippen LogP contribution in [0.2, 0.25) is 0 Å². The zero-order valence-corrected chi connectivity index (χ0v) is 30.5. The molecule has 1 saturated carbocycles. The first-order chi connectivity index (χ1) is 22.8. The highest BCUT2D eigenvalue weighted by Crippen LogP contribution is 2.52. The maximum atomic E-state index is 14.6. The van der Waals surface area contributed by atoms with Crippen molar-refractivity contribution in [3.8, 4) is 11.3 Å². The van der Waals surface area contributed by atoms with Gasteiger partial charge in [-0.2, -0.15) is 0 Å². The van der Waals surface area contributed by atoms with Gasteiger partial charge in [0.1, 0.15) is 5.60 Å². The predicted octanol–water partition coefficient (Wildman–Crippen LogP) is 8.86. The molecule has 1 saturated heterocycles. The highest BCUT2D eigenvalue weighted by atomic mass is 32.2. The highest BCUT2D eigenvalue weighted by molar-refractivity contribution is 8.00. The Morgan fingerprint density at radius 3 is 2.40 bits per heavy atom. The van der Waals surface area contributed by atoms with Crippen molar-refractivity contribution in [2.75, 3.05) is 17.8 Å². The first kappa shape index (κ1) is 34.3. The maximum Gasteiger partial charge on any atom is 0.410 e. The van der Waals surface area contributed by atoms with Crippen molar-refractivity contribution in [2.45, 2.75) is 116 Å². The first-order valence-electron chi connectivity index (χ1n) is 17.6. The molecule has 1 aromatic heterocycles. The highest BCUT2D eigenvalue weighted by Gasteiger charge is 2.51. The van der Waals surface area contributed by atoms with Crippen LogP contribution in [-0.2, 0) is 11.2 Å².